The van der Waals surface area contributed by atoms with E-state index in [0.717, 1.165) is 0 Å². The summed E-state index contributed by atoms with van der Waals surface area (Å²) in [7, 11) is 0. The largest absolute Gasteiger partial charge is 0.385 e. The number of aliphatic hydroxyl groups is 1. The maximum atomic E-state index is 9.94. The SMILES string of the molecule is C[C@H]1C[C@](O)(C(Cl)(Cl)Cl)CCN1. The van der Waals surface area contributed by atoms with E-state index in [9.17, 15) is 5.11 Å². The van der Waals surface area contributed by atoms with E-state index < -0.39 is 9.39 Å². The number of hydrogen-bond donors (Lipinski definition) is 2. The van der Waals surface area contributed by atoms with Gasteiger partial charge in [0.05, 0.1) is 0 Å². The van der Waals surface area contributed by atoms with Gasteiger partial charge in [-0.05, 0) is 26.3 Å². The summed E-state index contributed by atoms with van der Waals surface area (Å²) in [4.78, 5) is 0. The second-order valence-electron chi connectivity index (χ2n) is 3.34. The van der Waals surface area contributed by atoms with Crippen LogP contribution >= 0.6 is 34.8 Å². The van der Waals surface area contributed by atoms with Gasteiger partial charge in [0.1, 0.15) is 5.60 Å². The number of halogens is 3. The highest BCUT2D eigenvalue weighted by Gasteiger charge is 2.48. The molecule has 1 heterocycles. The molecule has 0 aromatic rings. The van der Waals surface area contributed by atoms with Crippen LogP contribution in [0.4, 0.5) is 0 Å². The summed E-state index contributed by atoms with van der Waals surface area (Å²) in [5, 5.41) is 13.1. The molecule has 2 atom stereocenters. The van der Waals surface area contributed by atoms with E-state index in [4.69, 9.17) is 34.8 Å². The Hall–Kier alpha value is 0.790. The van der Waals surface area contributed by atoms with Gasteiger partial charge in [0.15, 0.2) is 0 Å². The zero-order chi connectivity index (χ0) is 9.41. The van der Waals surface area contributed by atoms with Crippen LogP contribution < -0.4 is 5.32 Å². The predicted molar refractivity (Wildman–Crippen MR) is 51.9 cm³/mol. The van der Waals surface area contributed by atoms with Crippen molar-refractivity contribution in [2.24, 2.45) is 0 Å². The molecule has 0 aliphatic carbocycles. The Balaban J connectivity index is 2.70. The van der Waals surface area contributed by atoms with Gasteiger partial charge in [0, 0.05) is 6.04 Å². The Morgan fingerprint density at radius 2 is 2.08 bits per heavy atom. The zero-order valence-corrected chi connectivity index (χ0v) is 9.05. The Morgan fingerprint density at radius 3 is 2.42 bits per heavy atom. The number of hydrogen-bond acceptors (Lipinski definition) is 2. The molecule has 1 rings (SSSR count). The molecule has 1 saturated heterocycles. The minimum atomic E-state index is -1.58. The van der Waals surface area contributed by atoms with E-state index >= 15 is 0 Å². The van der Waals surface area contributed by atoms with Gasteiger partial charge in [-0.3, -0.25) is 0 Å². The zero-order valence-electron chi connectivity index (χ0n) is 6.78. The van der Waals surface area contributed by atoms with Crippen molar-refractivity contribution in [2.75, 3.05) is 6.54 Å². The van der Waals surface area contributed by atoms with Crippen LogP contribution in [0, 0.1) is 0 Å². The van der Waals surface area contributed by atoms with E-state index in [0.29, 0.717) is 19.4 Å². The third-order valence-electron chi connectivity index (χ3n) is 2.20. The monoisotopic (exact) mass is 231 g/mol. The third kappa shape index (κ3) is 2.18. The first-order valence-electron chi connectivity index (χ1n) is 3.88. The average molecular weight is 233 g/mol. The van der Waals surface area contributed by atoms with Crippen LogP contribution in [-0.2, 0) is 0 Å². The lowest BCUT2D eigenvalue weighted by atomic mass is 9.90. The molecule has 72 valence electrons. The van der Waals surface area contributed by atoms with Crippen molar-refractivity contribution in [1.29, 1.82) is 0 Å². The van der Waals surface area contributed by atoms with Gasteiger partial charge in [-0.25, -0.2) is 0 Å². The van der Waals surface area contributed by atoms with Gasteiger partial charge < -0.3 is 10.4 Å². The summed E-state index contributed by atoms with van der Waals surface area (Å²) in [6, 6.07) is 0.194. The molecule has 0 aromatic heterocycles. The fraction of sp³-hybridized carbons (Fsp3) is 1.00. The molecule has 1 aliphatic rings. The third-order valence-corrected chi connectivity index (χ3v) is 3.26. The molecule has 12 heavy (non-hydrogen) atoms. The van der Waals surface area contributed by atoms with E-state index in [2.05, 4.69) is 5.32 Å². The molecular formula is C7H12Cl3NO. The molecule has 5 heteroatoms. The number of alkyl halides is 3. The minimum Gasteiger partial charge on any atom is -0.385 e. The summed E-state index contributed by atoms with van der Waals surface area (Å²) in [5.41, 5.74) is -1.18. The predicted octanol–water partition coefficient (Wildman–Crippen LogP) is 1.86. The highest BCUT2D eigenvalue weighted by Crippen LogP contribution is 2.44. The molecule has 0 unspecified atom stereocenters. The van der Waals surface area contributed by atoms with Crippen LogP contribution in [0.3, 0.4) is 0 Å². The van der Waals surface area contributed by atoms with E-state index in [-0.39, 0.29) is 6.04 Å². The molecule has 0 radical (unpaired) electrons. The quantitative estimate of drug-likeness (QED) is 0.625. The molecule has 2 N–H and O–H groups in total. The van der Waals surface area contributed by atoms with Gasteiger partial charge in [-0.2, -0.15) is 0 Å². The van der Waals surface area contributed by atoms with E-state index in [1.54, 1.807) is 0 Å². The molecule has 0 amide bonds. The summed E-state index contributed by atoms with van der Waals surface area (Å²) in [6.07, 6.45) is 0.956. The lowest BCUT2D eigenvalue weighted by Crippen LogP contribution is -2.53. The minimum absolute atomic E-state index is 0.194. The maximum Gasteiger partial charge on any atom is 0.218 e. The van der Waals surface area contributed by atoms with Gasteiger partial charge in [0.2, 0.25) is 3.79 Å². The van der Waals surface area contributed by atoms with Crippen molar-refractivity contribution in [1.82, 2.24) is 5.32 Å². The Labute approximate surface area is 87.2 Å². The van der Waals surface area contributed by atoms with Crippen LogP contribution in [0.25, 0.3) is 0 Å². The lowest BCUT2D eigenvalue weighted by Gasteiger charge is -2.40. The molecule has 0 bridgehead atoms. The van der Waals surface area contributed by atoms with Crippen molar-refractivity contribution < 1.29 is 5.11 Å². The normalized spacial score (nSPS) is 38.2. The number of piperidine rings is 1. The summed E-state index contributed by atoms with van der Waals surface area (Å²) < 4.78 is -1.58. The summed E-state index contributed by atoms with van der Waals surface area (Å²) in [6.45, 7) is 2.64. The molecule has 0 saturated carbocycles. The van der Waals surface area contributed by atoms with E-state index in [1.807, 2.05) is 6.92 Å². The van der Waals surface area contributed by atoms with Crippen molar-refractivity contribution in [3.05, 3.63) is 0 Å². The first-order valence-corrected chi connectivity index (χ1v) is 5.01. The summed E-state index contributed by atoms with van der Waals surface area (Å²) in [5.74, 6) is 0. The standard InChI is InChI=1S/C7H12Cl3NO/c1-5-4-6(12,2-3-11-5)7(8,9)10/h5,11-12H,2-4H2,1H3/t5-,6-/m0/s1. The molecular weight excluding hydrogens is 220 g/mol. The first kappa shape index (κ1) is 10.9. The molecule has 0 spiro atoms. The Kier molecular flexibility index (Phi) is 3.17. The highest BCUT2D eigenvalue weighted by molar-refractivity contribution is 6.68. The van der Waals surface area contributed by atoms with Crippen LogP contribution in [0.2, 0.25) is 0 Å². The van der Waals surface area contributed by atoms with Gasteiger partial charge in [-0.1, -0.05) is 34.8 Å². The first-order chi connectivity index (χ1) is 5.35. The van der Waals surface area contributed by atoms with Crippen molar-refractivity contribution >= 4 is 34.8 Å². The second-order valence-corrected chi connectivity index (χ2v) is 5.62. The summed E-state index contributed by atoms with van der Waals surface area (Å²) >= 11 is 17.0. The number of rotatable bonds is 0. The fourth-order valence-corrected chi connectivity index (χ4v) is 1.98. The second kappa shape index (κ2) is 3.50. The van der Waals surface area contributed by atoms with Crippen LogP contribution in [0.15, 0.2) is 0 Å². The van der Waals surface area contributed by atoms with Crippen LogP contribution in [0.5, 0.6) is 0 Å². The lowest BCUT2D eigenvalue weighted by molar-refractivity contribution is 0.00183. The molecule has 0 aromatic carbocycles. The highest BCUT2D eigenvalue weighted by atomic mass is 35.6. The fourth-order valence-electron chi connectivity index (χ4n) is 1.46. The molecule has 1 aliphatic heterocycles. The topological polar surface area (TPSA) is 32.3 Å². The smallest absolute Gasteiger partial charge is 0.218 e. The Morgan fingerprint density at radius 1 is 1.50 bits per heavy atom. The molecule has 1 fully saturated rings. The van der Waals surface area contributed by atoms with Gasteiger partial charge in [-0.15, -0.1) is 0 Å². The molecule has 2 nitrogen and oxygen atoms in total. The van der Waals surface area contributed by atoms with Gasteiger partial charge >= 0.3 is 0 Å². The van der Waals surface area contributed by atoms with Crippen molar-refractivity contribution in [2.45, 2.75) is 35.2 Å². The van der Waals surface area contributed by atoms with Crippen molar-refractivity contribution in [3.63, 3.8) is 0 Å². The van der Waals surface area contributed by atoms with Crippen LogP contribution in [-0.4, -0.2) is 27.1 Å². The average Bonchev–Trinajstić information content (AvgIpc) is 1.83. The van der Waals surface area contributed by atoms with Gasteiger partial charge in [0.25, 0.3) is 0 Å². The van der Waals surface area contributed by atoms with Crippen molar-refractivity contribution in [3.8, 4) is 0 Å². The van der Waals surface area contributed by atoms with Crippen LogP contribution in [0.1, 0.15) is 19.8 Å². The Bertz CT molecular complexity index is 171. The maximum absolute atomic E-state index is 9.94. The number of nitrogens with one attached hydrogen (secondary N) is 1. The van der Waals surface area contributed by atoms with E-state index in [1.165, 1.54) is 0 Å².